The number of alkyl halides is 1. The van der Waals surface area contributed by atoms with E-state index in [0.29, 0.717) is 19.0 Å². The lowest BCUT2D eigenvalue weighted by Gasteiger charge is -2.36. The maximum absolute atomic E-state index is 14.1. The average molecular weight is 256 g/mol. The lowest BCUT2D eigenvalue weighted by Crippen LogP contribution is -2.45. The Morgan fingerprint density at radius 2 is 2.33 bits per heavy atom. The van der Waals surface area contributed by atoms with Crippen LogP contribution in [0.2, 0.25) is 0 Å². The Morgan fingerprint density at radius 3 is 2.83 bits per heavy atom. The Balaban J connectivity index is 2.08. The van der Waals surface area contributed by atoms with Gasteiger partial charge in [0.15, 0.2) is 0 Å². The van der Waals surface area contributed by atoms with Gasteiger partial charge in [-0.05, 0) is 20.3 Å². The smallest absolute Gasteiger partial charge is 0.298 e. The average Bonchev–Trinajstić information content (AvgIpc) is 2.78. The molecule has 0 aromatic carbocycles. The SMILES string of the molecule is CC(C)N1CCC(n2cc([N+](=O)[O-])cn2)C(F)C1. The summed E-state index contributed by atoms with van der Waals surface area (Å²) in [6, 6.07) is -0.0788. The number of hydrogen-bond acceptors (Lipinski definition) is 4. The maximum Gasteiger partial charge on any atom is 0.307 e. The number of likely N-dealkylation sites (tertiary alicyclic amines) is 1. The van der Waals surface area contributed by atoms with Crippen molar-refractivity contribution in [3.8, 4) is 0 Å². The minimum atomic E-state index is -1.04. The fraction of sp³-hybridized carbons (Fsp3) is 0.727. The van der Waals surface area contributed by atoms with Gasteiger partial charge >= 0.3 is 5.69 Å². The van der Waals surface area contributed by atoms with Gasteiger partial charge in [-0.15, -0.1) is 0 Å². The molecule has 0 aliphatic carbocycles. The molecular weight excluding hydrogens is 239 g/mol. The Labute approximate surface area is 105 Å². The van der Waals surface area contributed by atoms with Crippen LogP contribution in [0, 0.1) is 10.1 Å². The van der Waals surface area contributed by atoms with Crippen LogP contribution in [0.4, 0.5) is 10.1 Å². The van der Waals surface area contributed by atoms with Crippen LogP contribution in [-0.4, -0.2) is 44.9 Å². The molecule has 2 heterocycles. The molecule has 1 fully saturated rings. The van der Waals surface area contributed by atoms with E-state index in [2.05, 4.69) is 10.00 Å². The largest absolute Gasteiger partial charge is 0.307 e. The van der Waals surface area contributed by atoms with Crippen molar-refractivity contribution in [1.82, 2.24) is 14.7 Å². The summed E-state index contributed by atoms with van der Waals surface area (Å²) in [5.41, 5.74) is -0.0894. The van der Waals surface area contributed by atoms with Crippen LogP contribution in [0.3, 0.4) is 0 Å². The number of nitro groups is 1. The second-order valence-corrected chi connectivity index (χ2v) is 4.90. The summed E-state index contributed by atoms with van der Waals surface area (Å²) in [4.78, 5) is 12.1. The minimum absolute atomic E-state index is 0.0894. The van der Waals surface area contributed by atoms with Crippen LogP contribution in [0.15, 0.2) is 12.4 Å². The first-order valence-electron chi connectivity index (χ1n) is 6.05. The molecular formula is C11H17FN4O2. The van der Waals surface area contributed by atoms with Gasteiger partial charge in [0.1, 0.15) is 18.6 Å². The zero-order valence-corrected chi connectivity index (χ0v) is 10.5. The summed E-state index contributed by atoms with van der Waals surface area (Å²) in [6.45, 7) is 5.21. The predicted octanol–water partition coefficient (Wildman–Crippen LogP) is 1.78. The summed E-state index contributed by atoms with van der Waals surface area (Å²) in [7, 11) is 0. The van der Waals surface area contributed by atoms with E-state index in [1.165, 1.54) is 17.1 Å². The van der Waals surface area contributed by atoms with Crippen molar-refractivity contribution in [2.75, 3.05) is 13.1 Å². The van der Waals surface area contributed by atoms with Crippen molar-refractivity contribution < 1.29 is 9.31 Å². The highest BCUT2D eigenvalue weighted by molar-refractivity contribution is 5.21. The van der Waals surface area contributed by atoms with Gasteiger partial charge in [-0.3, -0.25) is 19.7 Å². The second-order valence-electron chi connectivity index (χ2n) is 4.90. The molecule has 0 spiro atoms. The zero-order chi connectivity index (χ0) is 13.3. The van der Waals surface area contributed by atoms with Crippen LogP contribution in [-0.2, 0) is 0 Å². The van der Waals surface area contributed by atoms with E-state index in [1.54, 1.807) is 0 Å². The third-order valence-corrected chi connectivity index (χ3v) is 3.41. The molecule has 1 aromatic rings. The van der Waals surface area contributed by atoms with Gasteiger partial charge in [0.05, 0.1) is 11.0 Å². The van der Waals surface area contributed by atoms with E-state index in [4.69, 9.17) is 0 Å². The molecule has 0 radical (unpaired) electrons. The normalized spacial score (nSPS) is 25.6. The second kappa shape index (κ2) is 5.01. The molecule has 100 valence electrons. The predicted molar refractivity (Wildman–Crippen MR) is 64.1 cm³/mol. The van der Waals surface area contributed by atoms with E-state index in [1.807, 2.05) is 13.8 Å². The van der Waals surface area contributed by atoms with E-state index >= 15 is 0 Å². The Hall–Kier alpha value is -1.50. The molecule has 1 aliphatic rings. The number of piperidine rings is 1. The first kappa shape index (κ1) is 12.9. The zero-order valence-electron chi connectivity index (χ0n) is 10.5. The first-order valence-corrected chi connectivity index (χ1v) is 6.05. The van der Waals surface area contributed by atoms with Crippen molar-refractivity contribution in [3.05, 3.63) is 22.5 Å². The molecule has 7 heteroatoms. The quantitative estimate of drug-likeness (QED) is 0.611. The Morgan fingerprint density at radius 1 is 1.61 bits per heavy atom. The summed E-state index contributed by atoms with van der Waals surface area (Å²) in [5, 5.41) is 14.5. The Kier molecular flexibility index (Phi) is 3.60. The van der Waals surface area contributed by atoms with E-state index in [0.717, 1.165) is 6.54 Å². The number of halogens is 1. The van der Waals surface area contributed by atoms with Gasteiger partial charge in [-0.25, -0.2) is 4.39 Å². The third-order valence-electron chi connectivity index (χ3n) is 3.41. The maximum atomic E-state index is 14.1. The fourth-order valence-electron chi connectivity index (χ4n) is 2.29. The molecule has 6 nitrogen and oxygen atoms in total. The van der Waals surface area contributed by atoms with Gasteiger partial charge < -0.3 is 0 Å². The van der Waals surface area contributed by atoms with Gasteiger partial charge in [-0.2, -0.15) is 5.10 Å². The minimum Gasteiger partial charge on any atom is -0.298 e. The third kappa shape index (κ3) is 2.50. The lowest BCUT2D eigenvalue weighted by atomic mass is 10.0. The molecule has 2 unspecified atom stereocenters. The van der Waals surface area contributed by atoms with E-state index < -0.39 is 17.1 Å². The molecule has 18 heavy (non-hydrogen) atoms. The van der Waals surface area contributed by atoms with Crippen molar-refractivity contribution in [3.63, 3.8) is 0 Å². The molecule has 0 N–H and O–H groups in total. The topological polar surface area (TPSA) is 64.2 Å². The number of rotatable bonds is 3. The van der Waals surface area contributed by atoms with Crippen LogP contribution in [0.25, 0.3) is 0 Å². The lowest BCUT2D eigenvalue weighted by molar-refractivity contribution is -0.385. The monoisotopic (exact) mass is 256 g/mol. The van der Waals surface area contributed by atoms with Crippen LogP contribution >= 0.6 is 0 Å². The highest BCUT2D eigenvalue weighted by Gasteiger charge is 2.32. The van der Waals surface area contributed by atoms with Gasteiger partial charge in [-0.1, -0.05) is 0 Å². The molecule has 1 aliphatic heterocycles. The number of aromatic nitrogens is 2. The van der Waals surface area contributed by atoms with Crippen LogP contribution in [0.1, 0.15) is 26.3 Å². The number of hydrogen-bond donors (Lipinski definition) is 0. The van der Waals surface area contributed by atoms with Gasteiger partial charge in [0.2, 0.25) is 0 Å². The van der Waals surface area contributed by atoms with Crippen LogP contribution in [0.5, 0.6) is 0 Å². The van der Waals surface area contributed by atoms with Gasteiger partial charge in [0, 0.05) is 19.1 Å². The van der Waals surface area contributed by atoms with Crippen molar-refractivity contribution in [2.45, 2.75) is 38.5 Å². The molecule has 2 atom stereocenters. The first-order chi connectivity index (χ1) is 8.49. The molecule has 1 saturated heterocycles. The van der Waals surface area contributed by atoms with E-state index in [-0.39, 0.29) is 5.69 Å². The van der Waals surface area contributed by atoms with Crippen LogP contribution < -0.4 is 0 Å². The highest BCUT2D eigenvalue weighted by atomic mass is 19.1. The summed E-state index contributed by atoms with van der Waals surface area (Å²) < 4.78 is 15.5. The molecule has 1 aromatic heterocycles. The highest BCUT2D eigenvalue weighted by Crippen LogP contribution is 2.27. The Bertz CT molecular complexity index is 434. The standard InChI is InChI=1S/C11H17FN4O2/c1-8(2)14-4-3-11(10(12)7-14)15-6-9(5-13-15)16(17)18/h5-6,8,10-11H,3-4,7H2,1-2H3. The molecule has 0 saturated carbocycles. The van der Waals surface area contributed by atoms with E-state index in [9.17, 15) is 14.5 Å². The fourth-order valence-corrected chi connectivity index (χ4v) is 2.29. The van der Waals surface area contributed by atoms with Crippen molar-refractivity contribution >= 4 is 5.69 Å². The molecule has 0 bridgehead atoms. The van der Waals surface area contributed by atoms with Gasteiger partial charge in [0.25, 0.3) is 0 Å². The molecule has 2 rings (SSSR count). The summed E-state index contributed by atoms with van der Waals surface area (Å²) in [5.74, 6) is 0. The summed E-state index contributed by atoms with van der Waals surface area (Å²) in [6.07, 6.45) is 2.06. The number of nitrogens with zero attached hydrogens (tertiary/aromatic N) is 4. The summed E-state index contributed by atoms with van der Waals surface area (Å²) >= 11 is 0. The van der Waals surface area contributed by atoms with Crippen molar-refractivity contribution in [1.29, 1.82) is 0 Å². The van der Waals surface area contributed by atoms with Crippen molar-refractivity contribution in [2.24, 2.45) is 0 Å². The molecule has 0 amide bonds.